The average Bonchev–Trinajstić information content (AvgIpc) is 3.32. The number of hydrogen-bond donors (Lipinski definition) is 0. The van der Waals surface area contributed by atoms with Crippen LogP contribution in [0.15, 0.2) is 41.5 Å². The summed E-state index contributed by atoms with van der Waals surface area (Å²) in [7, 11) is 0. The second kappa shape index (κ2) is 7.69. The fraction of sp³-hybridized carbons (Fsp3) is 0.421. The quantitative estimate of drug-likeness (QED) is 0.686. The molecule has 8 nitrogen and oxygen atoms in total. The summed E-state index contributed by atoms with van der Waals surface area (Å²) in [6.07, 6.45) is 9.59. The van der Waals surface area contributed by atoms with Crippen molar-refractivity contribution >= 4 is 5.91 Å². The highest BCUT2D eigenvalue weighted by Gasteiger charge is 2.27. The van der Waals surface area contributed by atoms with Crippen LogP contribution in [0.5, 0.6) is 0 Å². The third kappa shape index (κ3) is 3.89. The largest absolute Gasteiger partial charge is 0.342 e. The molecule has 0 aromatic carbocycles. The van der Waals surface area contributed by atoms with E-state index in [0.717, 1.165) is 43.9 Å². The van der Waals surface area contributed by atoms with Crippen molar-refractivity contribution in [2.24, 2.45) is 0 Å². The Balaban J connectivity index is 1.36. The van der Waals surface area contributed by atoms with E-state index in [9.17, 15) is 4.79 Å². The zero-order chi connectivity index (χ0) is 18.6. The fourth-order valence-corrected chi connectivity index (χ4v) is 3.55. The van der Waals surface area contributed by atoms with Crippen LogP contribution in [0.25, 0.3) is 0 Å². The first kappa shape index (κ1) is 17.4. The first-order valence-corrected chi connectivity index (χ1v) is 9.16. The van der Waals surface area contributed by atoms with Crippen LogP contribution in [-0.4, -0.2) is 48.7 Å². The van der Waals surface area contributed by atoms with E-state index < -0.39 is 0 Å². The molecule has 1 fully saturated rings. The number of nitrogens with zero attached hydrogens (tertiary/aromatic N) is 6. The summed E-state index contributed by atoms with van der Waals surface area (Å²) in [6, 6.07) is 4.01. The predicted octanol–water partition coefficient (Wildman–Crippen LogP) is 1.97. The van der Waals surface area contributed by atoms with E-state index in [4.69, 9.17) is 0 Å². The lowest BCUT2D eigenvalue weighted by molar-refractivity contribution is -0.131. The standard InChI is InChI=1S/C19H22N6O2/c1-14-17(23-27-22-14)11-18(26)24-8-4-16(5-9-24)19-21-7-10-25(19)13-15-3-2-6-20-12-15/h2-3,6-7,10,12,16H,4-5,8-9,11,13H2,1H3. The van der Waals surface area contributed by atoms with Crippen molar-refractivity contribution in [3.05, 3.63) is 59.7 Å². The molecule has 0 unspecified atom stereocenters. The summed E-state index contributed by atoms with van der Waals surface area (Å²) < 4.78 is 6.86. The molecule has 0 saturated carbocycles. The molecule has 1 aliphatic rings. The Kier molecular flexibility index (Phi) is 4.95. The molecule has 0 bridgehead atoms. The van der Waals surface area contributed by atoms with E-state index in [1.54, 1.807) is 13.1 Å². The van der Waals surface area contributed by atoms with Gasteiger partial charge in [-0.15, -0.1) is 0 Å². The number of rotatable bonds is 5. The molecular weight excluding hydrogens is 344 g/mol. The van der Waals surface area contributed by atoms with Crippen molar-refractivity contribution in [1.82, 2.24) is 29.7 Å². The average molecular weight is 366 g/mol. The Morgan fingerprint density at radius 2 is 2.11 bits per heavy atom. The normalized spacial score (nSPS) is 15.2. The summed E-state index contributed by atoms with van der Waals surface area (Å²) in [6.45, 7) is 4.02. The van der Waals surface area contributed by atoms with Gasteiger partial charge in [-0.2, -0.15) is 0 Å². The van der Waals surface area contributed by atoms with E-state index in [1.165, 1.54) is 0 Å². The van der Waals surface area contributed by atoms with Crippen LogP contribution in [0.3, 0.4) is 0 Å². The number of amides is 1. The first-order valence-electron chi connectivity index (χ1n) is 9.16. The zero-order valence-corrected chi connectivity index (χ0v) is 15.3. The Hall–Kier alpha value is -3.03. The van der Waals surface area contributed by atoms with E-state index >= 15 is 0 Å². The van der Waals surface area contributed by atoms with Gasteiger partial charge in [0.05, 0.1) is 13.0 Å². The van der Waals surface area contributed by atoms with Gasteiger partial charge in [-0.25, -0.2) is 9.61 Å². The molecule has 0 N–H and O–H groups in total. The Bertz CT molecular complexity index is 896. The van der Waals surface area contributed by atoms with Crippen molar-refractivity contribution in [2.75, 3.05) is 13.1 Å². The van der Waals surface area contributed by atoms with Gasteiger partial charge in [-0.05, 0) is 31.4 Å². The lowest BCUT2D eigenvalue weighted by atomic mass is 9.95. The van der Waals surface area contributed by atoms with E-state index in [0.29, 0.717) is 17.3 Å². The minimum absolute atomic E-state index is 0.0750. The molecule has 1 saturated heterocycles. The zero-order valence-electron chi connectivity index (χ0n) is 15.3. The van der Waals surface area contributed by atoms with Crippen molar-refractivity contribution in [2.45, 2.75) is 38.6 Å². The summed E-state index contributed by atoms with van der Waals surface area (Å²) in [4.78, 5) is 23.2. The molecule has 27 heavy (non-hydrogen) atoms. The number of aryl methyl sites for hydroxylation is 1. The molecule has 0 spiro atoms. The van der Waals surface area contributed by atoms with Crippen LogP contribution < -0.4 is 0 Å². The topological polar surface area (TPSA) is 89.9 Å². The van der Waals surface area contributed by atoms with Gasteiger partial charge in [0, 0.05) is 43.8 Å². The van der Waals surface area contributed by atoms with Crippen LogP contribution in [0, 0.1) is 6.92 Å². The smallest absolute Gasteiger partial charge is 0.228 e. The van der Waals surface area contributed by atoms with Gasteiger partial charge in [-0.3, -0.25) is 9.78 Å². The maximum absolute atomic E-state index is 12.5. The molecule has 0 atom stereocenters. The molecule has 0 aliphatic carbocycles. The van der Waals surface area contributed by atoms with Crippen LogP contribution in [0.1, 0.15) is 41.5 Å². The van der Waals surface area contributed by atoms with Gasteiger partial charge < -0.3 is 9.47 Å². The summed E-state index contributed by atoms with van der Waals surface area (Å²) in [5, 5.41) is 7.54. The summed E-state index contributed by atoms with van der Waals surface area (Å²) >= 11 is 0. The maximum Gasteiger partial charge on any atom is 0.228 e. The Morgan fingerprint density at radius 1 is 1.26 bits per heavy atom. The highest BCUT2D eigenvalue weighted by atomic mass is 16.6. The number of likely N-dealkylation sites (tertiary alicyclic amines) is 1. The number of aromatic nitrogens is 5. The molecular formula is C19H22N6O2. The number of carbonyl (C=O) groups excluding carboxylic acids is 1. The van der Waals surface area contributed by atoms with Crippen LogP contribution in [-0.2, 0) is 17.8 Å². The number of carbonyl (C=O) groups is 1. The van der Waals surface area contributed by atoms with E-state index in [-0.39, 0.29) is 12.3 Å². The van der Waals surface area contributed by atoms with Crippen molar-refractivity contribution < 1.29 is 9.42 Å². The van der Waals surface area contributed by atoms with Gasteiger partial charge >= 0.3 is 0 Å². The second-order valence-corrected chi connectivity index (χ2v) is 6.90. The molecule has 4 rings (SSSR count). The number of imidazole rings is 1. The van der Waals surface area contributed by atoms with Crippen LogP contribution in [0.4, 0.5) is 0 Å². The van der Waals surface area contributed by atoms with Gasteiger partial charge in [0.2, 0.25) is 5.91 Å². The number of hydrogen-bond acceptors (Lipinski definition) is 6. The molecule has 140 valence electrons. The molecule has 3 aromatic rings. The third-order valence-electron chi connectivity index (χ3n) is 5.10. The molecule has 3 aromatic heterocycles. The summed E-state index contributed by atoms with van der Waals surface area (Å²) in [5.41, 5.74) is 2.45. The molecule has 0 radical (unpaired) electrons. The number of pyridine rings is 1. The molecule has 1 amide bonds. The van der Waals surface area contributed by atoms with Gasteiger partial charge in [0.1, 0.15) is 17.2 Å². The SMILES string of the molecule is Cc1nonc1CC(=O)N1CCC(c2nccn2Cc2cccnc2)CC1. The number of piperidine rings is 1. The Morgan fingerprint density at radius 3 is 2.81 bits per heavy atom. The predicted molar refractivity (Wildman–Crippen MR) is 96.9 cm³/mol. The lowest BCUT2D eigenvalue weighted by Gasteiger charge is -2.32. The molecule has 8 heteroatoms. The van der Waals surface area contributed by atoms with Crippen LogP contribution in [0.2, 0.25) is 0 Å². The van der Waals surface area contributed by atoms with Crippen molar-refractivity contribution in [1.29, 1.82) is 0 Å². The molecule has 1 aliphatic heterocycles. The van der Waals surface area contributed by atoms with Crippen molar-refractivity contribution in [3.63, 3.8) is 0 Å². The minimum atomic E-state index is 0.0750. The molecule has 4 heterocycles. The highest BCUT2D eigenvalue weighted by Crippen LogP contribution is 2.27. The first-order chi connectivity index (χ1) is 13.2. The van der Waals surface area contributed by atoms with E-state index in [1.807, 2.05) is 29.6 Å². The van der Waals surface area contributed by atoms with Gasteiger partial charge in [0.25, 0.3) is 0 Å². The van der Waals surface area contributed by atoms with Gasteiger partial charge in [0.15, 0.2) is 0 Å². The van der Waals surface area contributed by atoms with Crippen molar-refractivity contribution in [3.8, 4) is 0 Å². The monoisotopic (exact) mass is 366 g/mol. The van der Waals surface area contributed by atoms with Crippen LogP contribution >= 0.6 is 0 Å². The fourth-order valence-electron chi connectivity index (χ4n) is 3.55. The lowest BCUT2D eigenvalue weighted by Crippen LogP contribution is -2.39. The Labute approximate surface area is 157 Å². The highest BCUT2D eigenvalue weighted by molar-refractivity contribution is 5.78. The summed E-state index contributed by atoms with van der Waals surface area (Å²) in [5.74, 6) is 1.52. The van der Waals surface area contributed by atoms with Gasteiger partial charge in [-0.1, -0.05) is 16.4 Å². The second-order valence-electron chi connectivity index (χ2n) is 6.90. The van der Waals surface area contributed by atoms with E-state index in [2.05, 4.69) is 35.5 Å². The maximum atomic E-state index is 12.5. The third-order valence-corrected chi connectivity index (χ3v) is 5.10. The minimum Gasteiger partial charge on any atom is -0.342 e.